The van der Waals surface area contributed by atoms with Crippen molar-refractivity contribution in [1.82, 2.24) is 4.90 Å². The van der Waals surface area contributed by atoms with E-state index in [2.05, 4.69) is 0 Å². The molecule has 0 saturated carbocycles. The Labute approximate surface area is 187 Å². The number of amides is 2. The number of benzene rings is 2. The number of imide groups is 1. The first-order chi connectivity index (χ1) is 9.20. The van der Waals surface area contributed by atoms with E-state index in [1.807, 2.05) is 18.2 Å². The molecule has 9 heteroatoms. The van der Waals surface area contributed by atoms with E-state index in [-0.39, 0.29) is 85.4 Å². The van der Waals surface area contributed by atoms with Gasteiger partial charge in [0.2, 0.25) is 0 Å². The van der Waals surface area contributed by atoms with Crippen LogP contribution in [-0.4, -0.2) is 40.6 Å². The number of carbonyl (C=O) groups is 2. The number of hydrogen-bond acceptors (Lipinski definition) is 2. The van der Waals surface area contributed by atoms with Crippen LogP contribution in [-0.2, 0) is 0 Å². The van der Waals surface area contributed by atoms with E-state index in [0.29, 0.717) is 11.1 Å². The average molecular weight is 532 g/mol. The molecule has 24 heavy (non-hydrogen) atoms. The molecule has 1 aliphatic heterocycles. The van der Waals surface area contributed by atoms with Gasteiger partial charge in [-0.1, -0.05) is 54.1 Å². The topological polar surface area (TPSA) is 37.4 Å². The van der Waals surface area contributed by atoms with Gasteiger partial charge in [0.05, 0.1) is 11.1 Å². The van der Waals surface area contributed by atoms with E-state index in [0.717, 1.165) is 10.5 Å². The predicted octanol–water partition coefficient (Wildman–Crippen LogP) is -9.14. The minimum atomic E-state index is -0.784. The van der Waals surface area contributed by atoms with Crippen LogP contribution in [0.15, 0.2) is 54.6 Å². The van der Waals surface area contributed by atoms with Gasteiger partial charge in [0, 0.05) is 0 Å². The van der Waals surface area contributed by atoms with Crippen molar-refractivity contribution < 1.29 is 59.2 Å². The van der Waals surface area contributed by atoms with Gasteiger partial charge in [-0.15, -0.1) is 0 Å². The van der Waals surface area contributed by atoms with Gasteiger partial charge in [-0.3, -0.25) is 14.5 Å². The van der Waals surface area contributed by atoms with Crippen molar-refractivity contribution in [2.24, 2.45) is 0 Å². The SMILES string of the molecule is O=C1c2ccccc2C(=O)N1C(Cl)c1ccccc1.[Cl-].[Cl-].[Cl-].[Cl-].[Sn+4]. The van der Waals surface area contributed by atoms with Crippen LogP contribution in [0.4, 0.5) is 0 Å². The summed E-state index contributed by atoms with van der Waals surface area (Å²) in [5.41, 5.74) is 0.760. The summed E-state index contributed by atoms with van der Waals surface area (Å²) in [4.78, 5) is 25.6. The summed E-state index contributed by atoms with van der Waals surface area (Å²) < 4.78 is 0. The summed E-state index contributed by atoms with van der Waals surface area (Å²) >= 11 is 6.28. The molecular weight excluding hydrogens is 522 g/mol. The molecule has 0 spiro atoms. The molecule has 0 aromatic heterocycles. The molecular formula is C15H10Cl5NO2Sn. The summed E-state index contributed by atoms with van der Waals surface area (Å²) in [6.07, 6.45) is 0. The fraction of sp³-hybridized carbons (Fsp3) is 0.0667. The number of carbonyl (C=O) groups excluding carboxylic acids is 2. The van der Waals surface area contributed by atoms with Gasteiger partial charge in [0.15, 0.2) is 0 Å². The molecule has 0 N–H and O–H groups in total. The molecule has 1 atom stereocenters. The van der Waals surface area contributed by atoms with E-state index in [9.17, 15) is 9.59 Å². The predicted molar refractivity (Wildman–Crippen MR) is 77.7 cm³/mol. The van der Waals surface area contributed by atoms with Crippen LogP contribution < -0.4 is 49.6 Å². The first-order valence-electron chi connectivity index (χ1n) is 5.86. The molecule has 126 valence electrons. The van der Waals surface area contributed by atoms with Crippen molar-refractivity contribution in [2.45, 2.75) is 5.50 Å². The second-order valence-electron chi connectivity index (χ2n) is 4.27. The number of rotatable bonds is 2. The smallest absolute Gasteiger partial charge is 1.00 e. The molecule has 3 rings (SSSR count). The molecule has 0 bridgehead atoms. The summed E-state index contributed by atoms with van der Waals surface area (Å²) in [6, 6.07) is 15.8. The van der Waals surface area contributed by atoms with Gasteiger partial charge >= 0.3 is 23.9 Å². The van der Waals surface area contributed by atoms with Crippen molar-refractivity contribution in [2.75, 3.05) is 0 Å². The molecule has 2 aromatic carbocycles. The molecule has 1 aliphatic rings. The largest absolute Gasteiger partial charge is 4.00 e. The summed E-state index contributed by atoms with van der Waals surface area (Å²) in [6.45, 7) is 0. The number of alkyl halides is 1. The monoisotopic (exact) mass is 531 g/mol. The van der Waals surface area contributed by atoms with E-state index >= 15 is 0 Å². The Morgan fingerprint density at radius 3 is 1.50 bits per heavy atom. The Bertz CT molecular complexity index is 637. The van der Waals surface area contributed by atoms with Crippen molar-refractivity contribution in [3.63, 3.8) is 0 Å². The Hall–Kier alpha value is -0.171. The number of nitrogens with zero attached hydrogens (tertiary/aromatic N) is 1. The van der Waals surface area contributed by atoms with E-state index in [1.165, 1.54) is 0 Å². The molecule has 1 heterocycles. The summed E-state index contributed by atoms with van der Waals surface area (Å²) in [5.74, 6) is -0.686. The molecule has 1 unspecified atom stereocenters. The zero-order valence-corrected chi connectivity index (χ0v) is 18.6. The van der Waals surface area contributed by atoms with Crippen LogP contribution >= 0.6 is 11.6 Å². The molecule has 0 aliphatic carbocycles. The Balaban J connectivity index is -0.000000882. The van der Waals surface area contributed by atoms with Crippen LogP contribution in [0.3, 0.4) is 0 Å². The van der Waals surface area contributed by atoms with Crippen LogP contribution in [0.5, 0.6) is 0 Å². The fourth-order valence-electron chi connectivity index (χ4n) is 2.17. The quantitative estimate of drug-likeness (QED) is 0.167. The van der Waals surface area contributed by atoms with Crippen LogP contribution in [0.1, 0.15) is 31.8 Å². The standard InChI is InChI=1S/C15H10ClNO2.4ClH.Sn/c16-13(10-6-2-1-3-7-10)17-14(18)11-8-4-5-9-12(11)15(17)19;;;;;/h1-9,13H;4*1H;/q;;;;;+4/p-4. The van der Waals surface area contributed by atoms with Crippen LogP contribution in [0.2, 0.25) is 0 Å². The molecule has 3 nitrogen and oxygen atoms in total. The summed E-state index contributed by atoms with van der Waals surface area (Å²) in [7, 11) is 0. The number of hydrogen-bond donors (Lipinski definition) is 0. The maximum atomic E-state index is 12.2. The van der Waals surface area contributed by atoms with Crippen LogP contribution in [0.25, 0.3) is 0 Å². The van der Waals surface area contributed by atoms with E-state index in [1.54, 1.807) is 36.4 Å². The van der Waals surface area contributed by atoms with Gasteiger partial charge in [0.25, 0.3) is 11.8 Å². The first kappa shape index (κ1) is 28.6. The molecule has 0 radical (unpaired) electrons. The third kappa shape index (κ3) is 5.16. The van der Waals surface area contributed by atoms with E-state index < -0.39 is 5.50 Å². The van der Waals surface area contributed by atoms with Crippen molar-refractivity contribution in [3.8, 4) is 0 Å². The third-order valence-electron chi connectivity index (χ3n) is 3.13. The van der Waals surface area contributed by atoms with Gasteiger partial charge in [-0.2, -0.15) is 0 Å². The van der Waals surface area contributed by atoms with E-state index in [4.69, 9.17) is 11.6 Å². The second kappa shape index (κ2) is 12.2. The minimum absolute atomic E-state index is 0. The number of halogens is 5. The zero-order valence-electron chi connectivity index (χ0n) is 11.9. The van der Waals surface area contributed by atoms with Gasteiger partial charge < -0.3 is 49.6 Å². The summed E-state index contributed by atoms with van der Waals surface area (Å²) in [5, 5.41) is 0. The maximum Gasteiger partial charge on any atom is 4.00 e. The van der Waals surface area contributed by atoms with Crippen LogP contribution in [0, 0.1) is 0 Å². The zero-order chi connectivity index (χ0) is 13.4. The third-order valence-corrected chi connectivity index (χ3v) is 3.57. The maximum absolute atomic E-state index is 12.2. The van der Waals surface area contributed by atoms with Gasteiger partial charge in [-0.05, 0) is 17.7 Å². The Kier molecular flexibility index (Phi) is 14.6. The van der Waals surface area contributed by atoms with Gasteiger partial charge in [-0.25, -0.2) is 0 Å². The first-order valence-corrected chi connectivity index (χ1v) is 6.30. The fourth-order valence-corrected chi connectivity index (χ4v) is 2.50. The minimum Gasteiger partial charge on any atom is -1.00 e. The Morgan fingerprint density at radius 2 is 1.08 bits per heavy atom. The molecule has 2 aromatic rings. The average Bonchev–Trinajstić information content (AvgIpc) is 2.72. The normalized spacial score (nSPS) is 12.3. The van der Waals surface area contributed by atoms with Crippen molar-refractivity contribution >= 4 is 47.3 Å². The number of fused-ring (bicyclic) bond motifs is 1. The molecule has 2 amide bonds. The van der Waals surface area contributed by atoms with Gasteiger partial charge in [0.1, 0.15) is 5.50 Å². The Morgan fingerprint density at radius 1 is 0.708 bits per heavy atom. The van der Waals surface area contributed by atoms with Crippen molar-refractivity contribution in [3.05, 3.63) is 71.3 Å². The molecule has 0 fully saturated rings. The van der Waals surface area contributed by atoms with Crippen molar-refractivity contribution in [1.29, 1.82) is 0 Å². The second-order valence-corrected chi connectivity index (χ2v) is 4.69. The molecule has 0 saturated heterocycles.